The smallest absolute Gasteiger partial charge is 0.306 e. The first-order valence-electron chi connectivity index (χ1n) is 33.2. The summed E-state index contributed by atoms with van der Waals surface area (Å²) >= 11 is 0. The highest BCUT2D eigenvalue weighted by molar-refractivity contribution is 5.71. The molecule has 0 bridgehead atoms. The first-order valence-corrected chi connectivity index (χ1v) is 33.2. The number of allylic oxidation sites excluding steroid dienone is 16. The van der Waals surface area contributed by atoms with Gasteiger partial charge in [-0.25, -0.2) is 0 Å². The van der Waals surface area contributed by atoms with E-state index in [1.807, 2.05) is 0 Å². The van der Waals surface area contributed by atoms with Gasteiger partial charge in [0, 0.05) is 19.3 Å². The van der Waals surface area contributed by atoms with Gasteiger partial charge in [0.05, 0.1) is 0 Å². The second-order valence-corrected chi connectivity index (χ2v) is 22.0. The van der Waals surface area contributed by atoms with E-state index in [2.05, 4.69) is 118 Å². The second-order valence-electron chi connectivity index (χ2n) is 22.0. The fourth-order valence-corrected chi connectivity index (χ4v) is 9.36. The van der Waals surface area contributed by atoms with Crippen LogP contribution in [0, 0.1) is 0 Å². The van der Waals surface area contributed by atoms with E-state index in [1.165, 1.54) is 167 Å². The number of hydrogen-bond donors (Lipinski definition) is 0. The molecule has 0 aromatic carbocycles. The molecule has 0 aliphatic heterocycles. The van der Waals surface area contributed by atoms with Gasteiger partial charge in [0.15, 0.2) is 6.10 Å². The molecule has 6 nitrogen and oxygen atoms in total. The van der Waals surface area contributed by atoms with Gasteiger partial charge < -0.3 is 14.2 Å². The van der Waals surface area contributed by atoms with Crippen molar-refractivity contribution in [2.24, 2.45) is 0 Å². The number of ether oxygens (including phenoxy) is 3. The molecule has 448 valence electrons. The van der Waals surface area contributed by atoms with Gasteiger partial charge in [-0.3, -0.25) is 14.4 Å². The van der Waals surface area contributed by atoms with Crippen LogP contribution in [-0.4, -0.2) is 37.2 Å². The molecule has 0 saturated carbocycles. The van der Waals surface area contributed by atoms with Crippen molar-refractivity contribution in [3.8, 4) is 0 Å². The van der Waals surface area contributed by atoms with Gasteiger partial charge in [-0.05, 0) is 103 Å². The minimum absolute atomic E-state index is 0.0857. The topological polar surface area (TPSA) is 78.9 Å². The maximum atomic E-state index is 12.8. The van der Waals surface area contributed by atoms with Crippen molar-refractivity contribution in [2.45, 2.75) is 329 Å². The molecule has 0 fully saturated rings. The Hall–Kier alpha value is -3.67. The van der Waals surface area contributed by atoms with E-state index in [4.69, 9.17) is 14.2 Å². The van der Waals surface area contributed by atoms with E-state index in [0.29, 0.717) is 19.3 Å². The van der Waals surface area contributed by atoms with Crippen LogP contribution in [0.2, 0.25) is 0 Å². The van der Waals surface area contributed by atoms with Crippen LogP contribution in [-0.2, 0) is 28.6 Å². The average molecular weight is 1090 g/mol. The highest BCUT2D eigenvalue weighted by atomic mass is 16.6. The largest absolute Gasteiger partial charge is 0.462 e. The van der Waals surface area contributed by atoms with Gasteiger partial charge in [0.2, 0.25) is 0 Å². The van der Waals surface area contributed by atoms with E-state index < -0.39 is 6.10 Å². The summed E-state index contributed by atoms with van der Waals surface area (Å²) in [5, 5.41) is 0. The molecule has 0 heterocycles. The Morgan fingerprint density at radius 1 is 0.269 bits per heavy atom. The maximum Gasteiger partial charge on any atom is 0.306 e. The van der Waals surface area contributed by atoms with Gasteiger partial charge in [0.1, 0.15) is 13.2 Å². The van der Waals surface area contributed by atoms with E-state index in [0.717, 1.165) is 116 Å². The minimum Gasteiger partial charge on any atom is -0.462 e. The predicted molar refractivity (Wildman–Crippen MR) is 339 cm³/mol. The van der Waals surface area contributed by atoms with Crippen LogP contribution in [0.15, 0.2) is 97.2 Å². The number of carbonyl (C=O) groups excluding carboxylic acids is 3. The molecular formula is C72H124O6. The quantitative estimate of drug-likeness (QED) is 0.0261. The second kappa shape index (κ2) is 65.8. The zero-order valence-electron chi connectivity index (χ0n) is 51.4. The Bertz CT molecular complexity index is 1530. The number of carbonyl (C=O) groups is 3. The standard InChI is InChI=1S/C72H124O6/c1-4-7-10-13-16-18-20-22-24-26-28-30-32-33-34-35-36-37-38-39-41-42-44-46-48-50-52-54-56-59-62-65-71(74)77-68-69(67-76-70(73)64-61-58-15-12-9-6-3)78-72(75)66-63-60-57-55-53-51-49-47-45-43-40-31-29-27-25-23-21-19-17-14-11-8-5-2/h8,11,17,19-20,22-23,25-26,28-29,31,43,45,49,51,69H,4-7,9-10,12-16,18,21,24,27,30,32-42,44,46-48,50,52-68H2,1-3H3/b11-8-,19-17-,22-20-,25-23-,28-26-,31-29-,45-43-,51-49-. The summed E-state index contributed by atoms with van der Waals surface area (Å²) in [7, 11) is 0. The third kappa shape index (κ3) is 63.2. The number of rotatable bonds is 60. The molecule has 0 aliphatic rings. The van der Waals surface area contributed by atoms with Crippen molar-refractivity contribution in [3.63, 3.8) is 0 Å². The monoisotopic (exact) mass is 1080 g/mol. The molecule has 6 heteroatoms. The Morgan fingerprint density at radius 3 is 0.782 bits per heavy atom. The van der Waals surface area contributed by atoms with Crippen LogP contribution in [0.4, 0.5) is 0 Å². The molecule has 0 radical (unpaired) electrons. The summed E-state index contributed by atoms with van der Waals surface area (Å²) in [6.07, 6.45) is 89.0. The van der Waals surface area contributed by atoms with Gasteiger partial charge >= 0.3 is 17.9 Å². The molecule has 1 unspecified atom stereocenters. The van der Waals surface area contributed by atoms with Crippen molar-refractivity contribution in [1.29, 1.82) is 0 Å². The van der Waals surface area contributed by atoms with E-state index in [1.54, 1.807) is 0 Å². The van der Waals surface area contributed by atoms with Crippen LogP contribution < -0.4 is 0 Å². The van der Waals surface area contributed by atoms with Gasteiger partial charge in [-0.2, -0.15) is 0 Å². The summed E-state index contributed by atoms with van der Waals surface area (Å²) in [5.41, 5.74) is 0. The Labute approximate surface area is 483 Å². The fourth-order valence-electron chi connectivity index (χ4n) is 9.36. The molecule has 0 rings (SSSR count). The number of hydrogen-bond acceptors (Lipinski definition) is 6. The molecule has 0 aromatic rings. The number of esters is 3. The summed E-state index contributed by atoms with van der Waals surface area (Å²) in [4.78, 5) is 38.0. The predicted octanol–water partition coefficient (Wildman–Crippen LogP) is 22.8. The van der Waals surface area contributed by atoms with Crippen LogP contribution >= 0.6 is 0 Å². The first-order chi connectivity index (χ1) is 38.5. The van der Waals surface area contributed by atoms with Crippen molar-refractivity contribution >= 4 is 17.9 Å². The summed E-state index contributed by atoms with van der Waals surface area (Å²) in [6.45, 7) is 6.46. The van der Waals surface area contributed by atoms with Crippen LogP contribution in [0.5, 0.6) is 0 Å². The minimum atomic E-state index is -0.788. The lowest BCUT2D eigenvalue weighted by Gasteiger charge is -2.18. The molecule has 0 spiro atoms. The third-order valence-electron chi connectivity index (χ3n) is 14.3. The average Bonchev–Trinajstić information content (AvgIpc) is 3.44. The summed E-state index contributed by atoms with van der Waals surface area (Å²) in [6, 6.07) is 0. The van der Waals surface area contributed by atoms with E-state index in [9.17, 15) is 14.4 Å². The molecule has 0 aromatic heterocycles. The lowest BCUT2D eigenvalue weighted by atomic mass is 10.0. The highest BCUT2D eigenvalue weighted by Gasteiger charge is 2.19. The lowest BCUT2D eigenvalue weighted by molar-refractivity contribution is -0.167. The van der Waals surface area contributed by atoms with E-state index in [-0.39, 0.29) is 31.1 Å². The zero-order chi connectivity index (χ0) is 56.4. The summed E-state index contributed by atoms with van der Waals surface area (Å²) in [5.74, 6) is -0.911. The van der Waals surface area contributed by atoms with Crippen LogP contribution in [0.25, 0.3) is 0 Å². The van der Waals surface area contributed by atoms with Crippen LogP contribution in [0.1, 0.15) is 323 Å². The van der Waals surface area contributed by atoms with Crippen LogP contribution in [0.3, 0.4) is 0 Å². The van der Waals surface area contributed by atoms with Gasteiger partial charge in [-0.1, -0.05) is 298 Å². The lowest BCUT2D eigenvalue weighted by Crippen LogP contribution is -2.30. The maximum absolute atomic E-state index is 12.8. The molecular weight excluding hydrogens is 961 g/mol. The highest BCUT2D eigenvalue weighted by Crippen LogP contribution is 2.17. The van der Waals surface area contributed by atoms with Gasteiger partial charge in [-0.15, -0.1) is 0 Å². The number of unbranched alkanes of at least 4 members (excludes halogenated alkanes) is 33. The Balaban J connectivity index is 4.07. The summed E-state index contributed by atoms with van der Waals surface area (Å²) < 4.78 is 16.8. The fraction of sp³-hybridized carbons (Fsp3) is 0.736. The normalized spacial score (nSPS) is 12.7. The molecule has 0 aliphatic carbocycles. The van der Waals surface area contributed by atoms with Crippen molar-refractivity contribution in [2.75, 3.05) is 13.2 Å². The Morgan fingerprint density at radius 2 is 0.500 bits per heavy atom. The SMILES string of the molecule is CC/C=C\C/C=C\C/C=C\C/C=C\C/C=C\C/C=C\CCCCCCC(=O)OC(COC(=O)CCCCCCCC)COC(=O)CCCCCCCCCCCCCCCCCCCCC/C=C\C/C=C\CCCCCCC. The Kier molecular flexibility index (Phi) is 62.7. The molecule has 0 saturated heterocycles. The van der Waals surface area contributed by atoms with E-state index >= 15 is 0 Å². The molecule has 0 amide bonds. The van der Waals surface area contributed by atoms with Crippen molar-refractivity contribution < 1.29 is 28.6 Å². The molecule has 1 atom stereocenters. The van der Waals surface area contributed by atoms with Gasteiger partial charge in [0.25, 0.3) is 0 Å². The molecule has 78 heavy (non-hydrogen) atoms. The zero-order valence-corrected chi connectivity index (χ0v) is 51.4. The third-order valence-corrected chi connectivity index (χ3v) is 14.3. The first kappa shape index (κ1) is 74.3. The van der Waals surface area contributed by atoms with Crippen molar-refractivity contribution in [1.82, 2.24) is 0 Å². The van der Waals surface area contributed by atoms with Crippen molar-refractivity contribution in [3.05, 3.63) is 97.2 Å². The molecule has 0 N–H and O–H groups in total.